The maximum atomic E-state index is 13.2. The van der Waals surface area contributed by atoms with Crippen molar-refractivity contribution in [3.05, 3.63) is 58.8 Å². The van der Waals surface area contributed by atoms with E-state index in [1.165, 1.54) is 30.4 Å². The van der Waals surface area contributed by atoms with Crippen LogP contribution in [0.3, 0.4) is 0 Å². The molecular weight excluding hydrogens is 607 g/mol. The van der Waals surface area contributed by atoms with Crippen molar-refractivity contribution in [3.8, 4) is 16.5 Å². The SMILES string of the molecule is CCOC(=O)CN(Cc1ccc(OCCc2nc(-c3cccs3)oc2C)cc1)S(=O)(=O)N(S(C)(=O)=O)S(C)(=O)=O. The molecule has 0 atom stereocenters. The number of sulfonamides is 2. The van der Waals surface area contributed by atoms with Crippen LogP contribution in [-0.4, -0.2) is 75.9 Å². The van der Waals surface area contributed by atoms with Crippen LogP contribution < -0.4 is 4.74 Å². The van der Waals surface area contributed by atoms with Gasteiger partial charge >= 0.3 is 16.2 Å². The summed E-state index contributed by atoms with van der Waals surface area (Å²) in [5, 5.41) is 1.93. The van der Waals surface area contributed by atoms with Crippen LogP contribution in [0.2, 0.25) is 0 Å². The van der Waals surface area contributed by atoms with Crippen LogP contribution in [0.15, 0.2) is 46.2 Å². The van der Waals surface area contributed by atoms with Gasteiger partial charge in [-0.05, 0) is 43.0 Å². The van der Waals surface area contributed by atoms with E-state index >= 15 is 0 Å². The van der Waals surface area contributed by atoms with Gasteiger partial charge in [0, 0.05) is 16.1 Å². The zero-order valence-corrected chi connectivity index (χ0v) is 25.4. The summed E-state index contributed by atoms with van der Waals surface area (Å²) >= 11 is 1.52. The molecule has 0 saturated carbocycles. The Balaban J connectivity index is 1.73. The fourth-order valence-corrected chi connectivity index (χ4v) is 10.3. The number of hydrogen-bond acceptors (Lipinski definition) is 12. The number of ether oxygens (including phenoxy) is 2. The predicted octanol–water partition coefficient (Wildman–Crippen LogP) is 2.16. The van der Waals surface area contributed by atoms with Gasteiger partial charge in [-0.1, -0.05) is 18.2 Å². The quantitative estimate of drug-likeness (QED) is 0.238. The van der Waals surface area contributed by atoms with E-state index in [4.69, 9.17) is 13.9 Å². The maximum Gasteiger partial charge on any atom is 0.321 e. The average Bonchev–Trinajstić information content (AvgIpc) is 3.48. The number of thiophene rings is 1. The fraction of sp³-hybridized carbons (Fsp3) is 0.391. The molecule has 0 aliphatic carbocycles. The summed E-state index contributed by atoms with van der Waals surface area (Å²) in [4.78, 5) is 17.5. The second kappa shape index (κ2) is 12.8. The summed E-state index contributed by atoms with van der Waals surface area (Å²) in [5.41, 5.74) is 1.08. The zero-order chi connectivity index (χ0) is 29.7. The predicted molar refractivity (Wildman–Crippen MR) is 148 cm³/mol. The van der Waals surface area contributed by atoms with E-state index in [1.807, 2.05) is 24.4 Å². The van der Waals surface area contributed by atoms with Gasteiger partial charge in [0.2, 0.25) is 25.9 Å². The molecule has 0 spiro atoms. The summed E-state index contributed by atoms with van der Waals surface area (Å²) in [6.45, 7) is 2.09. The largest absolute Gasteiger partial charge is 0.493 e. The van der Waals surface area contributed by atoms with Gasteiger partial charge in [0.1, 0.15) is 18.1 Å². The summed E-state index contributed by atoms with van der Waals surface area (Å²) in [7, 11) is -14.8. The lowest BCUT2D eigenvalue weighted by atomic mass is 10.2. The van der Waals surface area contributed by atoms with E-state index in [1.54, 1.807) is 12.1 Å². The molecule has 1 aromatic carbocycles. The Bertz CT molecular complexity index is 1600. The lowest BCUT2D eigenvalue weighted by molar-refractivity contribution is -0.143. The van der Waals surface area contributed by atoms with Gasteiger partial charge in [-0.2, -0.15) is 12.7 Å². The fourth-order valence-electron chi connectivity index (χ4n) is 3.58. The second-order valence-corrected chi connectivity index (χ2v) is 15.6. The van der Waals surface area contributed by atoms with Gasteiger partial charge in [0.25, 0.3) is 0 Å². The van der Waals surface area contributed by atoms with E-state index in [-0.39, 0.29) is 13.2 Å². The smallest absolute Gasteiger partial charge is 0.321 e. The topological polar surface area (TPSA) is 170 Å². The summed E-state index contributed by atoms with van der Waals surface area (Å²) in [6.07, 6.45) is 1.34. The molecule has 0 aliphatic heterocycles. The number of carbonyl (C=O) groups is 1. The molecule has 2 aromatic heterocycles. The van der Waals surface area contributed by atoms with Crippen LogP contribution in [0.5, 0.6) is 5.75 Å². The number of oxazole rings is 1. The highest BCUT2D eigenvalue weighted by Gasteiger charge is 2.44. The van der Waals surface area contributed by atoms with Crippen molar-refractivity contribution in [1.82, 2.24) is 12.4 Å². The molecule has 2 heterocycles. The first-order valence-corrected chi connectivity index (χ1v) is 17.7. The Hall–Kier alpha value is -2.83. The van der Waals surface area contributed by atoms with E-state index < -0.39 is 52.4 Å². The van der Waals surface area contributed by atoms with Crippen LogP contribution >= 0.6 is 11.3 Å². The Morgan fingerprint density at radius 1 is 1.02 bits per heavy atom. The van der Waals surface area contributed by atoms with Gasteiger partial charge in [0.05, 0.1) is 36.3 Å². The first-order chi connectivity index (χ1) is 18.6. The van der Waals surface area contributed by atoms with Gasteiger partial charge < -0.3 is 13.9 Å². The van der Waals surface area contributed by atoms with Crippen LogP contribution in [-0.2, 0) is 52.8 Å². The Kier molecular flexibility index (Phi) is 10.1. The number of esters is 1. The average molecular weight is 636 g/mol. The molecule has 3 rings (SSSR count). The van der Waals surface area contributed by atoms with Crippen molar-refractivity contribution in [1.29, 1.82) is 0 Å². The number of aromatic nitrogens is 1. The molecular formula is C23H29N3O10S4. The normalized spacial score (nSPS) is 12.7. The van der Waals surface area contributed by atoms with Crippen molar-refractivity contribution < 1.29 is 43.9 Å². The highest BCUT2D eigenvalue weighted by Crippen LogP contribution is 2.26. The standard InChI is InChI=1S/C23H29N3O10S4/c1-5-34-22(27)16-25(40(32,33)26(38(3,28)29)39(4,30)31)15-18-8-10-19(11-9-18)35-13-12-20-17(2)36-23(24-20)21-7-6-14-37-21/h6-11,14H,5,12-13,15-16H2,1-4H3. The second-order valence-electron chi connectivity index (χ2n) is 8.48. The molecule has 0 aliphatic rings. The van der Waals surface area contributed by atoms with E-state index in [2.05, 4.69) is 4.98 Å². The zero-order valence-electron chi connectivity index (χ0n) is 22.1. The molecule has 0 radical (unpaired) electrons. The van der Waals surface area contributed by atoms with E-state index in [0.29, 0.717) is 46.2 Å². The maximum absolute atomic E-state index is 13.2. The van der Waals surface area contributed by atoms with Crippen molar-refractivity contribution in [2.75, 3.05) is 32.3 Å². The Morgan fingerprint density at radius 3 is 2.23 bits per heavy atom. The van der Waals surface area contributed by atoms with Crippen molar-refractivity contribution in [3.63, 3.8) is 0 Å². The van der Waals surface area contributed by atoms with Crippen molar-refractivity contribution in [2.45, 2.75) is 26.8 Å². The summed E-state index contributed by atoms with van der Waals surface area (Å²) in [6, 6.07) is 9.95. The number of nitrogens with zero attached hydrogens (tertiary/aromatic N) is 3. The lowest BCUT2D eigenvalue weighted by Crippen LogP contribution is -2.50. The number of benzene rings is 1. The third-order valence-corrected chi connectivity index (χ3v) is 12.8. The van der Waals surface area contributed by atoms with Gasteiger partial charge in [-0.25, -0.2) is 21.8 Å². The summed E-state index contributed by atoms with van der Waals surface area (Å²) in [5.74, 6) is 0.692. The van der Waals surface area contributed by atoms with Crippen LogP contribution in [0, 0.1) is 6.92 Å². The van der Waals surface area contributed by atoms with Gasteiger partial charge in [-0.3, -0.25) is 4.79 Å². The van der Waals surface area contributed by atoms with E-state index in [9.17, 15) is 30.0 Å². The van der Waals surface area contributed by atoms with Crippen molar-refractivity contribution >= 4 is 47.6 Å². The highest BCUT2D eigenvalue weighted by molar-refractivity contribution is 8.16. The number of carbonyl (C=O) groups excluding carboxylic acids is 1. The first-order valence-electron chi connectivity index (χ1n) is 11.7. The minimum Gasteiger partial charge on any atom is -0.493 e. The molecule has 220 valence electrons. The highest BCUT2D eigenvalue weighted by atomic mass is 32.3. The van der Waals surface area contributed by atoms with Gasteiger partial charge in [0.15, 0.2) is 0 Å². The molecule has 17 heteroatoms. The molecule has 0 N–H and O–H groups in total. The molecule has 13 nitrogen and oxygen atoms in total. The van der Waals surface area contributed by atoms with Crippen molar-refractivity contribution in [2.24, 2.45) is 0 Å². The first kappa shape index (κ1) is 31.7. The van der Waals surface area contributed by atoms with Crippen LogP contribution in [0.1, 0.15) is 23.9 Å². The molecule has 0 fully saturated rings. The number of hydrogen-bond donors (Lipinski definition) is 0. The lowest BCUT2D eigenvalue weighted by Gasteiger charge is -2.26. The Morgan fingerprint density at radius 2 is 1.68 bits per heavy atom. The van der Waals surface area contributed by atoms with E-state index in [0.717, 1.165) is 10.6 Å². The monoisotopic (exact) mass is 635 g/mol. The van der Waals surface area contributed by atoms with Crippen LogP contribution in [0.4, 0.5) is 0 Å². The van der Waals surface area contributed by atoms with Crippen LogP contribution in [0.25, 0.3) is 10.8 Å². The molecule has 0 saturated heterocycles. The third kappa shape index (κ3) is 8.11. The minimum absolute atomic E-state index is 0.0656. The summed E-state index contributed by atoms with van der Waals surface area (Å²) < 4.78 is 90.9. The Labute approximate surface area is 237 Å². The number of aryl methyl sites for hydroxylation is 1. The van der Waals surface area contributed by atoms with Gasteiger partial charge in [-0.15, -0.1) is 11.3 Å². The molecule has 0 amide bonds. The molecule has 0 unspecified atom stereocenters. The minimum atomic E-state index is -5.22. The molecule has 3 aromatic rings. The molecule has 40 heavy (non-hydrogen) atoms. The number of rotatable bonds is 14. The molecule has 0 bridgehead atoms. The third-order valence-electron chi connectivity index (χ3n) is 5.18.